The van der Waals surface area contributed by atoms with E-state index >= 15 is 0 Å². The number of carbonyl (C=O) groups is 2. The van der Waals surface area contributed by atoms with Crippen LogP contribution in [0.2, 0.25) is 0 Å². The van der Waals surface area contributed by atoms with Crippen LogP contribution in [-0.4, -0.2) is 11.6 Å². The Morgan fingerprint density at radius 3 is 2.89 bits per heavy atom. The molecular weight excluding hydrogens is 228 g/mol. The zero-order valence-electron chi connectivity index (χ0n) is 10.5. The summed E-state index contributed by atoms with van der Waals surface area (Å²) in [6.07, 6.45) is 2.38. The molecule has 0 spiro atoms. The van der Waals surface area contributed by atoms with Crippen molar-refractivity contribution in [3.8, 4) is 0 Å². The molecule has 0 amide bonds. The zero-order valence-corrected chi connectivity index (χ0v) is 10.5. The molecule has 1 aromatic rings. The lowest BCUT2D eigenvalue weighted by Crippen LogP contribution is -2.07. The maximum atomic E-state index is 12.0. The van der Waals surface area contributed by atoms with Crippen molar-refractivity contribution in [3.05, 3.63) is 33.9 Å². The van der Waals surface area contributed by atoms with Crippen LogP contribution < -0.4 is 0 Å². The topological polar surface area (TPSA) is 43.4 Å². The number of benzene rings is 1. The molecular formula is C15H16O3. The fraction of sp³-hybridized carbons (Fsp3) is 0.467. The van der Waals surface area contributed by atoms with Crippen LogP contribution >= 0.6 is 0 Å². The van der Waals surface area contributed by atoms with Crippen molar-refractivity contribution < 1.29 is 14.3 Å². The average Bonchev–Trinajstić information content (AvgIpc) is 2.95. The Morgan fingerprint density at radius 1 is 1.28 bits per heavy atom. The highest BCUT2D eigenvalue weighted by Gasteiger charge is 2.30. The van der Waals surface area contributed by atoms with Crippen LogP contribution in [0.4, 0.5) is 0 Å². The summed E-state index contributed by atoms with van der Waals surface area (Å²) in [6.45, 7) is 3.00. The standard InChI is InChI=1S/C15H16O3/c1-2-11(16)6-9-5-10-7-18-8-13(10)15-12(9)3-4-14(15)17/h5H,2-4,6-8H2,1H3. The van der Waals surface area contributed by atoms with Gasteiger partial charge >= 0.3 is 0 Å². The summed E-state index contributed by atoms with van der Waals surface area (Å²) in [6, 6.07) is 2.08. The van der Waals surface area contributed by atoms with Crippen LogP contribution in [0.5, 0.6) is 0 Å². The van der Waals surface area contributed by atoms with Crippen molar-refractivity contribution in [2.24, 2.45) is 0 Å². The van der Waals surface area contributed by atoms with Crippen LogP contribution in [0.3, 0.4) is 0 Å². The first-order valence-corrected chi connectivity index (χ1v) is 6.49. The second-order valence-corrected chi connectivity index (χ2v) is 5.01. The minimum absolute atomic E-state index is 0.220. The average molecular weight is 244 g/mol. The van der Waals surface area contributed by atoms with E-state index in [0.717, 1.165) is 34.2 Å². The van der Waals surface area contributed by atoms with Crippen LogP contribution in [-0.2, 0) is 35.6 Å². The van der Waals surface area contributed by atoms with Gasteiger partial charge < -0.3 is 4.74 Å². The SMILES string of the molecule is CCC(=O)Cc1cc2c(c3c1CCC3=O)COC2. The minimum Gasteiger partial charge on any atom is -0.372 e. The number of hydrogen-bond donors (Lipinski definition) is 0. The lowest BCUT2D eigenvalue weighted by molar-refractivity contribution is -0.118. The Balaban J connectivity index is 2.11. The van der Waals surface area contributed by atoms with E-state index in [2.05, 4.69) is 6.07 Å². The highest BCUT2D eigenvalue weighted by molar-refractivity contribution is 6.03. The van der Waals surface area contributed by atoms with E-state index in [-0.39, 0.29) is 11.6 Å². The third kappa shape index (κ3) is 1.70. The van der Waals surface area contributed by atoms with Gasteiger partial charge in [-0.2, -0.15) is 0 Å². The van der Waals surface area contributed by atoms with Gasteiger partial charge in [-0.1, -0.05) is 13.0 Å². The first-order valence-electron chi connectivity index (χ1n) is 6.49. The second-order valence-electron chi connectivity index (χ2n) is 5.01. The summed E-state index contributed by atoms with van der Waals surface area (Å²) in [5.41, 5.74) is 5.19. The summed E-state index contributed by atoms with van der Waals surface area (Å²) in [5.74, 6) is 0.452. The smallest absolute Gasteiger partial charge is 0.163 e. The maximum absolute atomic E-state index is 12.0. The van der Waals surface area contributed by atoms with E-state index < -0.39 is 0 Å². The van der Waals surface area contributed by atoms with Crippen molar-refractivity contribution in [3.63, 3.8) is 0 Å². The molecule has 0 N–H and O–H groups in total. The largest absolute Gasteiger partial charge is 0.372 e. The van der Waals surface area contributed by atoms with Gasteiger partial charge in [0.1, 0.15) is 5.78 Å². The maximum Gasteiger partial charge on any atom is 0.163 e. The van der Waals surface area contributed by atoms with Gasteiger partial charge in [-0.05, 0) is 28.7 Å². The van der Waals surface area contributed by atoms with Gasteiger partial charge in [0, 0.05) is 24.8 Å². The molecule has 0 saturated carbocycles. The van der Waals surface area contributed by atoms with Crippen LogP contribution in [0.25, 0.3) is 0 Å². The molecule has 94 valence electrons. The fourth-order valence-electron chi connectivity index (χ4n) is 2.93. The van der Waals surface area contributed by atoms with Crippen molar-refractivity contribution in [1.82, 2.24) is 0 Å². The second kappa shape index (κ2) is 4.32. The van der Waals surface area contributed by atoms with Crippen molar-refractivity contribution in [1.29, 1.82) is 0 Å². The molecule has 3 rings (SSSR count). The fourth-order valence-corrected chi connectivity index (χ4v) is 2.93. The highest BCUT2D eigenvalue weighted by Crippen LogP contribution is 2.35. The van der Waals surface area contributed by atoms with Crippen molar-refractivity contribution in [2.45, 2.75) is 45.8 Å². The first-order chi connectivity index (χ1) is 8.70. The third-order valence-corrected chi connectivity index (χ3v) is 3.89. The quantitative estimate of drug-likeness (QED) is 0.819. The van der Waals surface area contributed by atoms with Gasteiger partial charge in [0.15, 0.2) is 5.78 Å². The number of fused-ring (bicyclic) bond motifs is 3. The van der Waals surface area contributed by atoms with E-state index in [1.165, 1.54) is 0 Å². The minimum atomic E-state index is 0.220. The highest BCUT2D eigenvalue weighted by atomic mass is 16.5. The molecule has 3 heteroatoms. The molecule has 0 radical (unpaired) electrons. The number of ketones is 2. The van der Waals surface area contributed by atoms with E-state index in [0.29, 0.717) is 32.5 Å². The monoisotopic (exact) mass is 244 g/mol. The summed E-state index contributed by atoms with van der Waals surface area (Å²) < 4.78 is 5.44. The molecule has 1 heterocycles. The predicted octanol–water partition coefficient (Wildman–Crippen LogP) is 2.37. The zero-order chi connectivity index (χ0) is 12.7. The Morgan fingerprint density at radius 2 is 2.11 bits per heavy atom. The molecule has 0 saturated heterocycles. The Labute approximate surface area is 106 Å². The molecule has 1 aliphatic carbocycles. The molecule has 1 aliphatic heterocycles. The van der Waals surface area contributed by atoms with Gasteiger partial charge in [0.2, 0.25) is 0 Å². The number of Topliss-reactive ketones (excluding diaryl/α,β-unsaturated/α-hetero) is 2. The lowest BCUT2D eigenvalue weighted by atomic mass is 9.92. The van der Waals surface area contributed by atoms with Gasteiger partial charge in [0.05, 0.1) is 13.2 Å². The number of ether oxygens (including phenoxy) is 1. The number of carbonyl (C=O) groups excluding carboxylic acids is 2. The predicted molar refractivity (Wildman–Crippen MR) is 66.6 cm³/mol. The van der Waals surface area contributed by atoms with E-state index in [4.69, 9.17) is 4.74 Å². The molecule has 0 fully saturated rings. The summed E-state index contributed by atoms with van der Waals surface area (Å²) in [4.78, 5) is 23.6. The van der Waals surface area contributed by atoms with Crippen molar-refractivity contribution >= 4 is 11.6 Å². The summed E-state index contributed by atoms with van der Waals surface area (Å²) in [7, 11) is 0. The Hall–Kier alpha value is -1.48. The molecule has 1 aromatic carbocycles. The normalized spacial score (nSPS) is 16.8. The van der Waals surface area contributed by atoms with Gasteiger partial charge in [-0.15, -0.1) is 0 Å². The van der Waals surface area contributed by atoms with Crippen LogP contribution in [0.1, 0.15) is 52.4 Å². The molecule has 0 atom stereocenters. The van der Waals surface area contributed by atoms with Gasteiger partial charge in [-0.25, -0.2) is 0 Å². The van der Waals surface area contributed by atoms with E-state index in [1.807, 2.05) is 6.92 Å². The molecule has 3 nitrogen and oxygen atoms in total. The van der Waals surface area contributed by atoms with E-state index in [1.54, 1.807) is 0 Å². The molecule has 0 bridgehead atoms. The molecule has 0 unspecified atom stereocenters. The third-order valence-electron chi connectivity index (χ3n) is 3.89. The van der Waals surface area contributed by atoms with Gasteiger partial charge in [0.25, 0.3) is 0 Å². The number of hydrogen-bond acceptors (Lipinski definition) is 3. The molecule has 2 aliphatic rings. The Kier molecular flexibility index (Phi) is 2.78. The van der Waals surface area contributed by atoms with Crippen molar-refractivity contribution in [2.75, 3.05) is 0 Å². The summed E-state index contributed by atoms with van der Waals surface area (Å²) >= 11 is 0. The Bertz CT molecular complexity index is 543. The summed E-state index contributed by atoms with van der Waals surface area (Å²) in [5, 5.41) is 0. The first kappa shape index (κ1) is 11.6. The number of rotatable bonds is 3. The van der Waals surface area contributed by atoms with Crippen LogP contribution in [0, 0.1) is 0 Å². The van der Waals surface area contributed by atoms with Gasteiger partial charge in [-0.3, -0.25) is 9.59 Å². The van der Waals surface area contributed by atoms with E-state index in [9.17, 15) is 9.59 Å². The lowest BCUT2D eigenvalue weighted by Gasteiger charge is -2.11. The van der Waals surface area contributed by atoms with Crippen LogP contribution in [0.15, 0.2) is 6.07 Å². The molecule has 18 heavy (non-hydrogen) atoms. The molecule has 0 aromatic heterocycles.